The monoisotopic (exact) mass is 241 g/mol. The Morgan fingerprint density at radius 1 is 1.62 bits per heavy atom. The van der Waals surface area contributed by atoms with Crippen LogP contribution in [0, 0.1) is 0 Å². The van der Waals surface area contributed by atoms with Crippen LogP contribution in [-0.2, 0) is 4.79 Å². The fraction of sp³-hybridized carbons (Fsp3) is 0.444. The molecule has 1 saturated heterocycles. The first kappa shape index (κ1) is 10.9. The molecule has 4 N–H and O–H groups in total. The number of nitrogens with two attached hydrogens (primary N) is 1. The Hall–Kier alpha value is -1.56. The molecule has 0 spiro atoms. The summed E-state index contributed by atoms with van der Waals surface area (Å²) in [7, 11) is 0. The summed E-state index contributed by atoms with van der Waals surface area (Å²) in [5.74, 6) is 0.485. The number of halogens is 1. The Balaban J connectivity index is 2.13. The van der Waals surface area contributed by atoms with Crippen molar-refractivity contribution in [2.45, 2.75) is 18.9 Å². The minimum Gasteiger partial charge on any atom is -0.368 e. The minimum atomic E-state index is -0.305. The van der Waals surface area contributed by atoms with Crippen LogP contribution in [0.25, 0.3) is 0 Å². The first-order valence-electron chi connectivity index (χ1n) is 4.99. The highest BCUT2D eigenvalue weighted by molar-refractivity contribution is 6.32. The van der Waals surface area contributed by atoms with Crippen molar-refractivity contribution in [3.63, 3.8) is 0 Å². The number of nitrogen functional groups attached to an aromatic ring is 1. The number of piperidine rings is 1. The van der Waals surface area contributed by atoms with E-state index in [1.807, 2.05) is 0 Å². The van der Waals surface area contributed by atoms with Gasteiger partial charge in [0.1, 0.15) is 11.1 Å². The van der Waals surface area contributed by atoms with E-state index in [0.717, 1.165) is 19.4 Å². The normalized spacial score (nSPS) is 20.3. The van der Waals surface area contributed by atoms with Crippen molar-refractivity contribution < 1.29 is 4.79 Å². The van der Waals surface area contributed by atoms with E-state index in [2.05, 4.69) is 20.6 Å². The van der Waals surface area contributed by atoms with Crippen LogP contribution in [0.4, 0.5) is 11.8 Å². The second kappa shape index (κ2) is 4.52. The lowest BCUT2D eigenvalue weighted by atomic mass is 10.1. The van der Waals surface area contributed by atoms with Gasteiger partial charge < -0.3 is 16.4 Å². The largest absolute Gasteiger partial charge is 0.368 e. The molecule has 6 nitrogen and oxygen atoms in total. The Morgan fingerprint density at radius 2 is 2.44 bits per heavy atom. The van der Waals surface area contributed by atoms with Gasteiger partial charge >= 0.3 is 0 Å². The summed E-state index contributed by atoms with van der Waals surface area (Å²) in [5, 5.41) is 6.09. The lowest BCUT2D eigenvalue weighted by molar-refractivity contribution is -0.123. The molecule has 7 heteroatoms. The average Bonchev–Trinajstić information content (AvgIpc) is 2.27. The topological polar surface area (TPSA) is 92.9 Å². The van der Waals surface area contributed by atoms with E-state index in [-0.39, 0.29) is 17.9 Å². The second-order valence-corrected chi connectivity index (χ2v) is 3.96. The summed E-state index contributed by atoms with van der Waals surface area (Å²) in [5.41, 5.74) is 5.45. The number of nitrogens with zero attached hydrogens (tertiary/aromatic N) is 2. The maximum Gasteiger partial charge on any atom is 0.242 e. The molecule has 1 aliphatic heterocycles. The van der Waals surface area contributed by atoms with Crippen LogP contribution < -0.4 is 16.4 Å². The summed E-state index contributed by atoms with van der Waals surface area (Å²) in [6.07, 6.45) is 3.10. The van der Waals surface area contributed by atoms with Crippen molar-refractivity contribution in [1.82, 2.24) is 15.3 Å². The molecule has 0 aliphatic carbocycles. The quantitative estimate of drug-likeness (QED) is 0.697. The van der Waals surface area contributed by atoms with Gasteiger partial charge in [0.25, 0.3) is 0 Å². The van der Waals surface area contributed by atoms with Crippen LogP contribution in [0.3, 0.4) is 0 Å². The Labute approximate surface area is 97.6 Å². The van der Waals surface area contributed by atoms with E-state index < -0.39 is 0 Å². The van der Waals surface area contributed by atoms with Crippen molar-refractivity contribution in [1.29, 1.82) is 0 Å². The van der Waals surface area contributed by atoms with Crippen molar-refractivity contribution in [2.75, 3.05) is 17.6 Å². The maximum atomic E-state index is 11.5. The molecule has 1 unspecified atom stereocenters. The zero-order valence-electron chi connectivity index (χ0n) is 8.53. The van der Waals surface area contributed by atoms with Gasteiger partial charge in [-0.05, 0) is 12.8 Å². The van der Waals surface area contributed by atoms with Crippen LogP contribution in [0.5, 0.6) is 0 Å². The molecule has 2 heterocycles. The van der Waals surface area contributed by atoms with Gasteiger partial charge in [-0.3, -0.25) is 4.79 Å². The van der Waals surface area contributed by atoms with Crippen molar-refractivity contribution >= 4 is 29.3 Å². The molecule has 16 heavy (non-hydrogen) atoms. The average molecular weight is 242 g/mol. The molecule has 1 fully saturated rings. The molecular formula is C9H12ClN5O. The summed E-state index contributed by atoms with van der Waals surface area (Å²) in [6, 6.07) is -0.305. The number of rotatable bonds is 2. The molecule has 1 atom stereocenters. The summed E-state index contributed by atoms with van der Waals surface area (Å²) in [6.45, 7) is 0.719. The second-order valence-electron chi connectivity index (χ2n) is 3.55. The van der Waals surface area contributed by atoms with Crippen LogP contribution in [0.1, 0.15) is 12.8 Å². The molecule has 1 amide bonds. The molecule has 0 aromatic carbocycles. The zero-order valence-corrected chi connectivity index (χ0v) is 9.29. The summed E-state index contributed by atoms with van der Waals surface area (Å²) >= 11 is 5.89. The van der Waals surface area contributed by atoms with Gasteiger partial charge in [-0.1, -0.05) is 11.6 Å². The van der Waals surface area contributed by atoms with E-state index >= 15 is 0 Å². The summed E-state index contributed by atoms with van der Waals surface area (Å²) in [4.78, 5) is 19.2. The highest BCUT2D eigenvalue weighted by Gasteiger charge is 2.22. The molecule has 0 bridgehead atoms. The predicted molar refractivity (Wildman–Crippen MR) is 61.1 cm³/mol. The number of anilines is 2. The fourth-order valence-electron chi connectivity index (χ4n) is 1.56. The van der Waals surface area contributed by atoms with E-state index in [4.69, 9.17) is 17.3 Å². The highest BCUT2D eigenvalue weighted by atomic mass is 35.5. The Morgan fingerprint density at radius 3 is 3.19 bits per heavy atom. The Kier molecular flexibility index (Phi) is 3.09. The molecule has 2 rings (SSSR count). The van der Waals surface area contributed by atoms with Crippen LogP contribution in [0.2, 0.25) is 5.02 Å². The maximum absolute atomic E-state index is 11.5. The smallest absolute Gasteiger partial charge is 0.242 e. The van der Waals surface area contributed by atoms with Gasteiger partial charge in [0.05, 0.1) is 6.20 Å². The lowest BCUT2D eigenvalue weighted by Gasteiger charge is -2.23. The molecule has 1 aromatic heterocycles. The van der Waals surface area contributed by atoms with Crippen LogP contribution in [-0.4, -0.2) is 28.5 Å². The fourth-order valence-corrected chi connectivity index (χ4v) is 1.70. The number of hydrogen-bond donors (Lipinski definition) is 3. The molecule has 0 radical (unpaired) electrons. The molecule has 86 valence electrons. The SMILES string of the molecule is Nc1ncc(Cl)c(NC2CCCNC2=O)n1. The first-order chi connectivity index (χ1) is 7.66. The number of carbonyl (C=O) groups excluding carboxylic acids is 1. The number of hydrogen-bond acceptors (Lipinski definition) is 5. The third-order valence-corrected chi connectivity index (χ3v) is 2.64. The van der Waals surface area contributed by atoms with Crippen molar-refractivity contribution in [3.05, 3.63) is 11.2 Å². The standard InChI is InChI=1S/C9H12ClN5O/c10-5-4-13-9(11)15-7(5)14-6-2-1-3-12-8(6)16/h4,6H,1-3H2,(H,12,16)(H3,11,13,14,15). The van der Waals surface area contributed by atoms with Crippen LogP contribution >= 0.6 is 11.6 Å². The molecule has 1 aromatic rings. The van der Waals surface area contributed by atoms with Crippen LogP contribution in [0.15, 0.2) is 6.20 Å². The third-order valence-electron chi connectivity index (χ3n) is 2.36. The van der Waals surface area contributed by atoms with E-state index in [9.17, 15) is 4.79 Å². The minimum absolute atomic E-state index is 0.0421. The van der Waals surface area contributed by atoms with Gasteiger partial charge in [0, 0.05) is 6.54 Å². The zero-order chi connectivity index (χ0) is 11.5. The highest BCUT2D eigenvalue weighted by Crippen LogP contribution is 2.20. The number of aromatic nitrogens is 2. The summed E-state index contributed by atoms with van der Waals surface area (Å²) < 4.78 is 0. The third kappa shape index (κ3) is 2.33. The Bertz CT molecular complexity index is 411. The number of carbonyl (C=O) groups is 1. The van der Waals surface area contributed by atoms with Gasteiger partial charge in [0.2, 0.25) is 11.9 Å². The van der Waals surface area contributed by atoms with E-state index in [0.29, 0.717) is 10.8 Å². The van der Waals surface area contributed by atoms with Gasteiger partial charge in [-0.15, -0.1) is 0 Å². The molecular weight excluding hydrogens is 230 g/mol. The van der Waals surface area contributed by atoms with E-state index in [1.165, 1.54) is 6.20 Å². The van der Waals surface area contributed by atoms with Crippen molar-refractivity contribution in [3.8, 4) is 0 Å². The predicted octanol–water partition coefficient (Wildman–Crippen LogP) is 0.403. The van der Waals surface area contributed by atoms with Crippen molar-refractivity contribution in [2.24, 2.45) is 0 Å². The molecule has 1 aliphatic rings. The lowest BCUT2D eigenvalue weighted by Crippen LogP contribution is -2.44. The van der Waals surface area contributed by atoms with Gasteiger partial charge in [0.15, 0.2) is 5.82 Å². The van der Waals surface area contributed by atoms with Gasteiger partial charge in [-0.25, -0.2) is 4.98 Å². The first-order valence-corrected chi connectivity index (χ1v) is 5.37. The number of amides is 1. The molecule has 0 saturated carbocycles. The number of nitrogens with one attached hydrogen (secondary N) is 2. The van der Waals surface area contributed by atoms with E-state index in [1.54, 1.807) is 0 Å². The van der Waals surface area contributed by atoms with Gasteiger partial charge in [-0.2, -0.15) is 4.98 Å².